The zero-order chi connectivity index (χ0) is 14.0. The number of piperidine rings is 1. The van der Waals surface area contributed by atoms with Gasteiger partial charge in [0, 0.05) is 19.5 Å². The number of amides is 1. The minimum absolute atomic E-state index is 0.121. The topological polar surface area (TPSA) is 58.4 Å². The van der Waals surface area contributed by atoms with Crippen molar-refractivity contribution < 1.29 is 4.79 Å². The van der Waals surface area contributed by atoms with Gasteiger partial charge in [0.2, 0.25) is 5.91 Å². The third kappa shape index (κ3) is 2.23. The van der Waals surface area contributed by atoms with Crippen LogP contribution in [0.4, 0.5) is 0 Å². The van der Waals surface area contributed by atoms with Crippen molar-refractivity contribution in [3.8, 4) is 0 Å². The van der Waals surface area contributed by atoms with Gasteiger partial charge in [-0.3, -0.25) is 4.79 Å². The Balaban J connectivity index is 2.02. The molecule has 0 radical (unpaired) electrons. The van der Waals surface area contributed by atoms with Crippen molar-refractivity contribution in [2.75, 3.05) is 19.6 Å². The van der Waals surface area contributed by atoms with Crippen molar-refractivity contribution in [2.24, 2.45) is 5.73 Å². The van der Waals surface area contributed by atoms with Crippen LogP contribution in [0.15, 0.2) is 24.3 Å². The molecule has 2 aliphatic rings. The molecule has 2 saturated heterocycles. The van der Waals surface area contributed by atoms with Gasteiger partial charge in [0.15, 0.2) is 0 Å². The van der Waals surface area contributed by atoms with Gasteiger partial charge >= 0.3 is 0 Å². The number of benzene rings is 1. The number of hydrogen-bond acceptors (Lipinski definition) is 3. The monoisotopic (exact) mass is 273 g/mol. The molecule has 0 aromatic heterocycles. The van der Waals surface area contributed by atoms with E-state index in [2.05, 4.69) is 34.5 Å². The van der Waals surface area contributed by atoms with E-state index >= 15 is 0 Å². The second kappa shape index (κ2) is 5.54. The Morgan fingerprint density at radius 2 is 2.10 bits per heavy atom. The number of nitrogens with two attached hydrogens (primary N) is 1. The predicted octanol–water partition coefficient (Wildman–Crippen LogP) is 1.35. The molecule has 20 heavy (non-hydrogen) atoms. The van der Waals surface area contributed by atoms with Crippen LogP contribution in [0.25, 0.3) is 0 Å². The fourth-order valence-corrected chi connectivity index (χ4v) is 3.64. The Morgan fingerprint density at radius 1 is 1.30 bits per heavy atom. The smallest absolute Gasteiger partial charge is 0.223 e. The first-order valence-corrected chi connectivity index (χ1v) is 7.57. The summed E-state index contributed by atoms with van der Waals surface area (Å²) in [5.74, 6) is 0.310. The summed E-state index contributed by atoms with van der Waals surface area (Å²) in [6.07, 6.45) is 3.68. The summed E-state index contributed by atoms with van der Waals surface area (Å²) in [5.41, 5.74) is 8.06. The maximum atomic E-state index is 12.3. The van der Waals surface area contributed by atoms with Crippen LogP contribution >= 0.6 is 0 Å². The summed E-state index contributed by atoms with van der Waals surface area (Å²) in [6, 6.07) is 8.49. The highest BCUT2D eigenvalue weighted by Gasteiger charge is 2.43. The SMILES string of the molecule is NCc1cccc(C2(N3CCCC3=O)CCNCC2)c1. The molecule has 4 nitrogen and oxygen atoms in total. The van der Waals surface area contributed by atoms with Crippen molar-refractivity contribution in [3.05, 3.63) is 35.4 Å². The average Bonchev–Trinajstić information content (AvgIpc) is 2.95. The largest absolute Gasteiger partial charge is 0.333 e. The third-order valence-electron chi connectivity index (χ3n) is 4.72. The first kappa shape index (κ1) is 13.6. The van der Waals surface area contributed by atoms with Crippen LogP contribution in [0, 0.1) is 0 Å². The number of likely N-dealkylation sites (tertiary alicyclic amines) is 1. The maximum Gasteiger partial charge on any atom is 0.223 e. The Labute approximate surface area is 120 Å². The lowest BCUT2D eigenvalue weighted by molar-refractivity contribution is -0.134. The highest BCUT2D eigenvalue weighted by atomic mass is 16.2. The molecule has 2 heterocycles. The second-order valence-electron chi connectivity index (χ2n) is 5.84. The quantitative estimate of drug-likeness (QED) is 0.874. The van der Waals surface area contributed by atoms with E-state index in [0.717, 1.165) is 44.5 Å². The van der Waals surface area contributed by atoms with Gasteiger partial charge in [-0.25, -0.2) is 0 Å². The number of hydrogen-bond donors (Lipinski definition) is 2. The van der Waals surface area contributed by atoms with E-state index in [1.165, 1.54) is 5.56 Å². The molecule has 0 aliphatic carbocycles. The normalized spacial score (nSPS) is 22.2. The molecule has 1 aromatic carbocycles. The third-order valence-corrected chi connectivity index (χ3v) is 4.72. The van der Waals surface area contributed by atoms with Crippen LogP contribution in [0.1, 0.15) is 36.8 Å². The molecule has 3 N–H and O–H groups in total. The average molecular weight is 273 g/mol. The van der Waals surface area contributed by atoms with Crippen LogP contribution in [0.2, 0.25) is 0 Å². The number of rotatable bonds is 3. The van der Waals surface area contributed by atoms with Crippen molar-refractivity contribution in [3.63, 3.8) is 0 Å². The minimum Gasteiger partial charge on any atom is -0.333 e. The molecule has 3 rings (SSSR count). The van der Waals surface area contributed by atoms with Crippen LogP contribution in [-0.4, -0.2) is 30.4 Å². The van der Waals surface area contributed by atoms with E-state index in [9.17, 15) is 4.79 Å². The zero-order valence-corrected chi connectivity index (χ0v) is 11.9. The van der Waals surface area contributed by atoms with Crippen LogP contribution < -0.4 is 11.1 Å². The minimum atomic E-state index is -0.121. The van der Waals surface area contributed by atoms with Gasteiger partial charge in [0.25, 0.3) is 0 Å². The van der Waals surface area contributed by atoms with Gasteiger partial charge in [-0.2, -0.15) is 0 Å². The van der Waals surface area contributed by atoms with E-state index in [1.807, 2.05) is 0 Å². The molecule has 0 spiro atoms. The van der Waals surface area contributed by atoms with Crippen LogP contribution in [0.5, 0.6) is 0 Å². The van der Waals surface area contributed by atoms with Gasteiger partial charge in [-0.1, -0.05) is 24.3 Å². The predicted molar refractivity (Wildman–Crippen MR) is 79.1 cm³/mol. The molecule has 1 amide bonds. The molecule has 2 fully saturated rings. The van der Waals surface area contributed by atoms with Gasteiger partial charge < -0.3 is 16.0 Å². The Hall–Kier alpha value is -1.39. The number of nitrogens with one attached hydrogen (secondary N) is 1. The fourth-order valence-electron chi connectivity index (χ4n) is 3.64. The molecular weight excluding hydrogens is 250 g/mol. The van der Waals surface area contributed by atoms with Gasteiger partial charge in [0.05, 0.1) is 5.54 Å². The van der Waals surface area contributed by atoms with Crippen molar-refractivity contribution in [2.45, 2.75) is 37.8 Å². The molecule has 4 heteroatoms. The summed E-state index contributed by atoms with van der Waals surface area (Å²) < 4.78 is 0. The van der Waals surface area contributed by atoms with E-state index < -0.39 is 0 Å². The van der Waals surface area contributed by atoms with Gasteiger partial charge in [0.1, 0.15) is 0 Å². The molecule has 108 valence electrons. The van der Waals surface area contributed by atoms with Crippen molar-refractivity contribution in [1.29, 1.82) is 0 Å². The van der Waals surface area contributed by atoms with Crippen LogP contribution in [-0.2, 0) is 16.9 Å². The molecule has 0 saturated carbocycles. The summed E-state index contributed by atoms with van der Waals surface area (Å²) in [5, 5.41) is 3.41. The van der Waals surface area contributed by atoms with Crippen molar-refractivity contribution in [1.82, 2.24) is 10.2 Å². The summed E-state index contributed by atoms with van der Waals surface area (Å²) in [7, 11) is 0. The lowest BCUT2D eigenvalue weighted by atomic mass is 9.79. The highest BCUT2D eigenvalue weighted by molar-refractivity contribution is 5.79. The first-order chi connectivity index (χ1) is 9.76. The van der Waals surface area contributed by atoms with Gasteiger partial charge in [-0.05, 0) is 43.5 Å². The van der Waals surface area contributed by atoms with Crippen LogP contribution in [0.3, 0.4) is 0 Å². The summed E-state index contributed by atoms with van der Waals surface area (Å²) in [6.45, 7) is 3.38. The second-order valence-corrected chi connectivity index (χ2v) is 5.84. The lowest BCUT2D eigenvalue weighted by Crippen LogP contribution is -2.52. The zero-order valence-electron chi connectivity index (χ0n) is 11.9. The molecule has 0 atom stereocenters. The first-order valence-electron chi connectivity index (χ1n) is 7.57. The number of carbonyl (C=O) groups is 1. The lowest BCUT2D eigenvalue weighted by Gasteiger charge is -2.45. The maximum absolute atomic E-state index is 12.3. The van der Waals surface area contributed by atoms with E-state index in [-0.39, 0.29) is 5.54 Å². The highest BCUT2D eigenvalue weighted by Crippen LogP contribution is 2.40. The number of carbonyl (C=O) groups excluding carboxylic acids is 1. The Bertz CT molecular complexity index is 494. The van der Waals surface area contributed by atoms with Crippen molar-refractivity contribution >= 4 is 5.91 Å². The molecule has 0 unspecified atom stereocenters. The van der Waals surface area contributed by atoms with Gasteiger partial charge in [-0.15, -0.1) is 0 Å². The van der Waals surface area contributed by atoms with E-state index in [1.54, 1.807) is 0 Å². The Kier molecular flexibility index (Phi) is 3.76. The Morgan fingerprint density at radius 3 is 2.75 bits per heavy atom. The van der Waals surface area contributed by atoms with E-state index in [4.69, 9.17) is 5.73 Å². The molecular formula is C16H23N3O. The molecule has 1 aromatic rings. The summed E-state index contributed by atoms with van der Waals surface area (Å²) >= 11 is 0. The molecule has 2 aliphatic heterocycles. The van der Waals surface area contributed by atoms with E-state index in [0.29, 0.717) is 18.9 Å². The molecule has 0 bridgehead atoms. The fraction of sp³-hybridized carbons (Fsp3) is 0.562. The number of nitrogens with zero attached hydrogens (tertiary/aromatic N) is 1. The summed E-state index contributed by atoms with van der Waals surface area (Å²) in [4.78, 5) is 14.4. The standard InChI is InChI=1S/C16H23N3O/c17-12-13-3-1-4-14(11-13)16(6-8-18-9-7-16)19-10-2-5-15(19)20/h1,3-4,11,18H,2,5-10,12,17H2.